The fraction of sp³-hybridized carbons (Fsp3) is 0.106. The molecular formula is C123H98N4OSi. The van der Waals surface area contributed by atoms with Gasteiger partial charge in [0, 0.05) is 71.9 Å². The van der Waals surface area contributed by atoms with Gasteiger partial charge in [0.1, 0.15) is 5.58 Å². The van der Waals surface area contributed by atoms with Crippen LogP contribution in [-0.4, -0.2) is 17.2 Å². The number of rotatable bonds is 13. The molecule has 5 nitrogen and oxygen atoms in total. The molecule has 3 aromatic heterocycles. The van der Waals surface area contributed by atoms with E-state index in [9.17, 15) is 0 Å². The van der Waals surface area contributed by atoms with Crippen LogP contribution < -0.4 is 15.0 Å². The molecular weight excluding hydrogens is 1580 g/mol. The van der Waals surface area contributed by atoms with Crippen LogP contribution in [0.25, 0.3) is 186 Å². The highest BCUT2D eigenvalue weighted by molar-refractivity contribution is 6.88. The van der Waals surface area contributed by atoms with E-state index >= 15 is 0 Å². The average molecular weight is 1680 g/mol. The molecule has 21 aromatic carbocycles. The third-order valence-electron chi connectivity index (χ3n) is 27.4. The van der Waals surface area contributed by atoms with Gasteiger partial charge in [0.25, 0.3) is 0 Å². The maximum atomic E-state index is 6.76. The number of aryl methyl sites for hydroxylation is 2. The Morgan fingerprint density at radius 3 is 1.22 bits per heavy atom. The third kappa shape index (κ3) is 12.8. The minimum atomic E-state index is -1.47. The van der Waals surface area contributed by atoms with Gasteiger partial charge in [-0.25, -0.2) is 0 Å². The molecule has 24 aromatic rings. The summed E-state index contributed by atoms with van der Waals surface area (Å²) in [5, 5.41) is 24.8. The first-order chi connectivity index (χ1) is 62.8. The molecule has 0 saturated carbocycles. The van der Waals surface area contributed by atoms with Gasteiger partial charge < -0.3 is 23.4 Å². The van der Waals surface area contributed by atoms with Crippen molar-refractivity contribution in [1.29, 1.82) is 0 Å². The van der Waals surface area contributed by atoms with E-state index in [1.165, 1.54) is 180 Å². The lowest BCUT2D eigenvalue weighted by Crippen LogP contribution is -2.37. The Kier molecular flexibility index (Phi) is 18.5. The van der Waals surface area contributed by atoms with Crippen molar-refractivity contribution in [1.82, 2.24) is 9.13 Å². The molecule has 620 valence electrons. The third-order valence-corrected chi connectivity index (χ3v) is 29.4. The van der Waals surface area contributed by atoms with Gasteiger partial charge in [0.15, 0.2) is 5.58 Å². The van der Waals surface area contributed by atoms with E-state index in [1.54, 1.807) is 0 Å². The highest BCUT2D eigenvalue weighted by Crippen LogP contribution is 2.55. The highest BCUT2D eigenvalue weighted by atomic mass is 28.3. The van der Waals surface area contributed by atoms with Crippen molar-refractivity contribution in [2.45, 2.75) is 85.9 Å². The van der Waals surface area contributed by atoms with Crippen LogP contribution in [0.2, 0.25) is 19.6 Å². The van der Waals surface area contributed by atoms with Crippen molar-refractivity contribution in [3.8, 4) is 55.9 Å². The van der Waals surface area contributed by atoms with E-state index in [0.717, 1.165) is 67.2 Å². The predicted molar refractivity (Wildman–Crippen MR) is 557 cm³/mol. The van der Waals surface area contributed by atoms with Crippen LogP contribution in [0.5, 0.6) is 0 Å². The maximum absolute atomic E-state index is 6.76. The first kappa shape index (κ1) is 78.6. The number of furan rings is 1. The fourth-order valence-corrected chi connectivity index (χ4v) is 22.7. The largest absolute Gasteiger partial charge is 0.454 e. The molecule has 0 unspecified atom stereocenters. The van der Waals surface area contributed by atoms with Gasteiger partial charge in [-0.2, -0.15) is 0 Å². The van der Waals surface area contributed by atoms with E-state index < -0.39 is 8.07 Å². The summed E-state index contributed by atoms with van der Waals surface area (Å²) in [7, 11) is -1.47. The lowest BCUT2D eigenvalue weighted by atomic mass is 9.76. The SMILES string of the molecule is CC(C)(C)c1cc(-c2ccc(N(c3ccccc3-c3ccccc3)c3cccc4c3oc3ccccc34)cc2)c2ccc3c(C(C)(C)C)c4c(c5ccc1c2c35)c1ccccc1n4-c1ccccc1.Cc1cc(-c2ccc(N(c3ccc([Si](C)(C)C)cc3)c3ccccc3-c3ccccc3)cc2)c2ccc3c(C)c4c(c5ccc1c2c35)c1ccccc1n4-c1ccccc1. The minimum Gasteiger partial charge on any atom is -0.454 e. The van der Waals surface area contributed by atoms with Crippen LogP contribution in [0, 0.1) is 13.8 Å². The summed E-state index contributed by atoms with van der Waals surface area (Å²) in [5.74, 6) is 0. The Balaban J connectivity index is 0.000000149. The Morgan fingerprint density at radius 1 is 0.271 bits per heavy atom. The molecule has 0 N–H and O–H groups in total. The molecule has 0 amide bonds. The van der Waals surface area contributed by atoms with Gasteiger partial charge in [-0.15, -0.1) is 0 Å². The van der Waals surface area contributed by atoms with E-state index in [1.807, 2.05) is 6.07 Å². The van der Waals surface area contributed by atoms with Gasteiger partial charge in [-0.1, -0.05) is 358 Å². The second kappa shape index (κ2) is 30.3. The van der Waals surface area contributed by atoms with Crippen molar-refractivity contribution >= 4 is 178 Å². The summed E-state index contributed by atoms with van der Waals surface area (Å²) in [5.41, 5.74) is 30.4. The number of aromatic nitrogens is 2. The molecule has 0 atom stereocenters. The number of benzene rings is 21. The van der Waals surface area contributed by atoms with Crippen molar-refractivity contribution in [3.05, 3.63) is 417 Å². The molecule has 0 aliphatic carbocycles. The smallest absolute Gasteiger partial charge is 0.159 e. The Bertz CT molecular complexity index is 8520. The lowest BCUT2D eigenvalue weighted by Gasteiger charge is -2.29. The van der Waals surface area contributed by atoms with Crippen molar-refractivity contribution in [3.63, 3.8) is 0 Å². The van der Waals surface area contributed by atoms with Gasteiger partial charge in [0.2, 0.25) is 0 Å². The minimum absolute atomic E-state index is 0.119. The number of anilines is 6. The van der Waals surface area contributed by atoms with Crippen LogP contribution in [0.15, 0.2) is 399 Å². The van der Waals surface area contributed by atoms with Gasteiger partial charge in [-0.3, -0.25) is 0 Å². The summed E-state index contributed by atoms with van der Waals surface area (Å²) in [6.45, 7) is 26.1. The molecule has 0 fully saturated rings. The second-order valence-electron chi connectivity index (χ2n) is 38.3. The van der Waals surface area contributed by atoms with E-state index in [0.29, 0.717) is 0 Å². The number of para-hydroxylation sites is 8. The number of hydrogen-bond acceptors (Lipinski definition) is 3. The summed E-state index contributed by atoms with van der Waals surface area (Å²) >= 11 is 0. The Morgan fingerprint density at radius 2 is 0.667 bits per heavy atom. The molecule has 24 rings (SSSR count). The molecule has 0 spiro atoms. The average Bonchev–Trinajstić information content (AvgIpc) is 1.49. The second-order valence-corrected chi connectivity index (χ2v) is 43.3. The molecule has 0 aliphatic heterocycles. The fourth-order valence-electron chi connectivity index (χ4n) is 21.5. The summed E-state index contributed by atoms with van der Waals surface area (Å²) in [6.07, 6.45) is 0. The zero-order valence-corrected chi connectivity index (χ0v) is 75.7. The number of fused-ring (bicyclic) bond motifs is 11. The van der Waals surface area contributed by atoms with Crippen molar-refractivity contribution < 1.29 is 4.42 Å². The van der Waals surface area contributed by atoms with E-state index in [2.05, 4.69) is 482 Å². The molecule has 0 saturated heterocycles. The zero-order chi connectivity index (χ0) is 87.5. The normalized spacial score (nSPS) is 12.3. The van der Waals surface area contributed by atoms with Gasteiger partial charge >= 0.3 is 0 Å². The van der Waals surface area contributed by atoms with E-state index in [-0.39, 0.29) is 10.8 Å². The molecule has 6 heteroatoms. The predicted octanol–water partition coefficient (Wildman–Crippen LogP) is 34.6. The van der Waals surface area contributed by atoms with Gasteiger partial charge in [-0.05, 0) is 248 Å². The maximum Gasteiger partial charge on any atom is 0.159 e. The zero-order valence-electron chi connectivity index (χ0n) is 74.7. The van der Waals surface area contributed by atoms with Crippen molar-refractivity contribution in [2.24, 2.45) is 0 Å². The standard InChI is InChI=1S/C66H52N2O.C57H46N2Si/c1-65(2,3)54-40-53(47-36-39-52-60-51(38-37-49(54)59(47)60)61-50-26-14-17-29-56(50)68(43-22-11-8-12-23-43)63(61)62(52)66(4,5)6)42-32-34-44(35-33-42)67(55-28-16-13-24-45(55)41-20-9-7-10-21-41)57-30-19-27-48-46-25-15-18-31-58(46)69-64(48)57;1-37-36-51(40-24-26-42(27-25-40)58(43-28-30-44(31-29-43)60(3,4)5)52-22-14-12-20-47(52)39-16-8-6-9-17-39)48-34-33-46-38(2)57-56(50-35-32-45(37)54(48)55(46)50)49-21-13-15-23-53(49)59(57)41-18-10-7-11-19-41/h7-40H,1-6H3;6-36H,1-5H3. The lowest BCUT2D eigenvalue weighted by molar-refractivity contribution is 0.596. The topological polar surface area (TPSA) is 29.5 Å². The van der Waals surface area contributed by atoms with Crippen LogP contribution in [0.4, 0.5) is 34.1 Å². The summed E-state index contributed by atoms with van der Waals surface area (Å²) in [4.78, 5) is 4.81. The Labute approximate surface area is 753 Å². The molecule has 129 heavy (non-hydrogen) atoms. The summed E-state index contributed by atoms with van der Waals surface area (Å²) in [6, 6.07) is 145. The molecule has 0 aliphatic rings. The highest BCUT2D eigenvalue weighted by Gasteiger charge is 2.33. The quantitative estimate of drug-likeness (QED) is 0.0851. The molecule has 0 radical (unpaired) electrons. The first-order valence-corrected chi connectivity index (χ1v) is 48.9. The van der Waals surface area contributed by atoms with Crippen LogP contribution in [0.3, 0.4) is 0 Å². The number of nitrogens with zero attached hydrogens (tertiary/aromatic N) is 4. The monoisotopic (exact) mass is 1670 g/mol. The van der Waals surface area contributed by atoms with Crippen LogP contribution in [-0.2, 0) is 10.8 Å². The summed E-state index contributed by atoms with van der Waals surface area (Å²) < 4.78 is 11.7. The molecule has 0 bridgehead atoms. The Hall–Kier alpha value is -15.1. The van der Waals surface area contributed by atoms with Crippen molar-refractivity contribution in [2.75, 3.05) is 9.80 Å². The first-order valence-electron chi connectivity index (χ1n) is 45.4. The number of hydrogen-bond donors (Lipinski definition) is 0. The molecule has 3 heterocycles. The van der Waals surface area contributed by atoms with Crippen LogP contribution in [0.1, 0.15) is 63.8 Å². The van der Waals surface area contributed by atoms with Crippen LogP contribution >= 0.6 is 0 Å². The van der Waals surface area contributed by atoms with E-state index in [4.69, 9.17) is 4.42 Å². The van der Waals surface area contributed by atoms with Gasteiger partial charge in [0.05, 0.1) is 47.2 Å².